The lowest BCUT2D eigenvalue weighted by Crippen LogP contribution is -2.45. The number of likely N-dealkylation sites (tertiary alicyclic amines) is 1. The van der Waals surface area contributed by atoms with Crippen molar-refractivity contribution in [3.8, 4) is 6.07 Å². The van der Waals surface area contributed by atoms with Crippen molar-refractivity contribution in [3.05, 3.63) is 28.2 Å². The molecule has 1 heterocycles. The molecule has 1 aliphatic heterocycles. The van der Waals surface area contributed by atoms with E-state index in [4.69, 9.17) is 33.2 Å². The molecule has 166 valence electrons. The van der Waals surface area contributed by atoms with Gasteiger partial charge < -0.3 is 15.0 Å². The second-order valence-electron chi connectivity index (χ2n) is 8.67. The minimum Gasteiger partial charge on any atom is -0.425 e. The Morgan fingerprint density at radius 2 is 1.94 bits per heavy atom. The number of ether oxygens (including phenoxy) is 1. The molecular weight excluding hydrogens is 465 g/mol. The molecule has 2 saturated carbocycles. The van der Waals surface area contributed by atoms with Crippen LogP contribution >= 0.6 is 23.2 Å². The van der Waals surface area contributed by atoms with Crippen LogP contribution in [0, 0.1) is 16.7 Å². The third kappa shape index (κ3) is 4.21. The predicted molar refractivity (Wildman–Crippen MR) is 112 cm³/mol. The van der Waals surface area contributed by atoms with E-state index in [2.05, 4.69) is 5.32 Å². The summed E-state index contributed by atoms with van der Waals surface area (Å²) in [6, 6.07) is 6.14. The first kappa shape index (κ1) is 22.2. The standard InChI is InChI=1S/C20H21Cl2N3O5S/c1-19(4-5-19)17(26)25-10-13(31(28,29)15-3-2-12(21)8-14(15)22)9-16(25)30-18(27)24-20(11-23)6-7-20/h2-3,8,13,16H,4-7,9-10H2,1H3,(H,24,27)/t13-,16+/m1/s1. The number of nitrogens with one attached hydrogen (secondary N) is 1. The minimum absolute atomic E-state index is 0.00802. The van der Waals surface area contributed by atoms with Gasteiger partial charge in [0.2, 0.25) is 5.91 Å². The van der Waals surface area contributed by atoms with Gasteiger partial charge in [0, 0.05) is 23.4 Å². The van der Waals surface area contributed by atoms with E-state index in [1.54, 1.807) is 6.92 Å². The lowest BCUT2D eigenvalue weighted by atomic mass is 10.1. The highest BCUT2D eigenvalue weighted by atomic mass is 35.5. The molecule has 0 bridgehead atoms. The van der Waals surface area contributed by atoms with Crippen LogP contribution < -0.4 is 5.32 Å². The maximum atomic E-state index is 13.3. The predicted octanol–water partition coefficient (Wildman–Crippen LogP) is 3.28. The van der Waals surface area contributed by atoms with Gasteiger partial charge in [0.05, 0.1) is 21.2 Å². The van der Waals surface area contributed by atoms with Gasteiger partial charge in [-0.3, -0.25) is 4.79 Å². The van der Waals surface area contributed by atoms with Crippen molar-refractivity contribution in [1.29, 1.82) is 5.26 Å². The summed E-state index contributed by atoms with van der Waals surface area (Å²) in [4.78, 5) is 26.6. The van der Waals surface area contributed by atoms with Crippen LogP contribution in [0.3, 0.4) is 0 Å². The largest absolute Gasteiger partial charge is 0.425 e. The highest BCUT2D eigenvalue weighted by Crippen LogP contribution is 2.48. The number of hydrogen-bond acceptors (Lipinski definition) is 6. The summed E-state index contributed by atoms with van der Waals surface area (Å²) in [6.45, 7) is 1.69. The van der Waals surface area contributed by atoms with Crippen LogP contribution in [0.2, 0.25) is 10.0 Å². The number of alkyl carbamates (subject to hydrolysis) is 1. The molecule has 2 atom stereocenters. The van der Waals surface area contributed by atoms with E-state index in [1.165, 1.54) is 23.1 Å². The number of carbonyl (C=O) groups is 2. The zero-order chi connectivity index (χ0) is 22.6. The van der Waals surface area contributed by atoms with Gasteiger partial charge in [0.15, 0.2) is 16.1 Å². The first-order chi connectivity index (χ1) is 14.5. The quantitative estimate of drug-likeness (QED) is 0.683. The van der Waals surface area contributed by atoms with Crippen molar-refractivity contribution in [1.82, 2.24) is 10.2 Å². The molecule has 3 aliphatic rings. The summed E-state index contributed by atoms with van der Waals surface area (Å²) in [7, 11) is -3.92. The van der Waals surface area contributed by atoms with Crippen LogP contribution in [-0.4, -0.2) is 48.9 Å². The molecule has 0 radical (unpaired) electrons. The molecule has 2 amide bonds. The van der Waals surface area contributed by atoms with Gasteiger partial charge in [-0.2, -0.15) is 5.26 Å². The molecule has 1 saturated heterocycles. The Morgan fingerprint density at radius 3 is 2.48 bits per heavy atom. The summed E-state index contributed by atoms with van der Waals surface area (Å²) in [5.41, 5.74) is -1.51. The fourth-order valence-corrected chi connectivity index (χ4v) is 6.14. The molecule has 0 unspecified atom stereocenters. The third-order valence-electron chi connectivity index (χ3n) is 6.18. The molecule has 2 aliphatic carbocycles. The third-order valence-corrected chi connectivity index (χ3v) is 9.03. The highest BCUT2D eigenvalue weighted by molar-refractivity contribution is 7.92. The molecule has 0 spiro atoms. The number of rotatable bonds is 5. The van der Waals surface area contributed by atoms with Gasteiger partial charge in [-0.25, -0.2) is 13.2 Å². The molecule has 4 rings (SSSR count). The van der Waals surface area contributed by atoms with Gasteiger partial charge in [-0.15, -0.1) is 0 Å². The maximum Gasteiger partial charge on any atom is 0.410 e. The smallest absolute Gasteiger partial charge is 0.410 e. The monoisotopic (exact) mass is 485 g/mol. The fourth-order valence-electron chi connectivity index (χ4n) is 3.69. The van der Waals surface area contributed by atoms with E-state index in [0.717, 1.165) is 0 Å². The molecule has 8 nitrogen and oxygen atoms in total. The summed E-state index contributed by atoms with van der Waals surface area (Å²) >= 11 is 12.0. The van der Waals surface area contributed by atoms with E-state index in [-0.39, 0.29) is 28.8 Å². The zero-order valence-corrected chi connectivity index (χ0v) is 19.1. The van der Waals surface area contributed by atoms with E-state index in [9.17, 15) is 18.0 Å². The van der Waals surface area contributed by atoms with E-state index in [1.807, 2.05) is 6.07 Å². The van der Waals surface area contributed by atoms with Crippen molar-refractivity contribution in [2.45, 2.75) is 60.9 Å². The van der Waals surface area contributed by atoms with Crippen molar-refractivity contribution in [2.24, 2.45) is 5.41 Å². The van der Waals surface area contributed by atoms with Gasteiger partial charge >= 0.3 is 6.09 Å². The Bertz CT molecular complexity index is 1090. The average Bonchev–Trinajstić information content (AvgIpc) is 3.60. The number of hydrogen-bond donors (Lipinski definition) is 1. The Labute approximate surface area is 190 Å². The minimum atomic E-state index is -3.92. The Morgan fingerprint density at radius 1 is 1.26 bits per heavy atom. The van der Waals surface area contributed by atoms with Gasteiger partial charge in [-0.1, -0.05) is 30.1 Å². The lowest BCUT2D eigenvalue weighted by Gasteiger charge is -2.27. The van der Waals surface area contributed by atoms with Crippen LogP contribution in [0.1, 0.15) is 39.0 Å². The van der Waals surface area contributed by atoms with E-state index >= 15 is 0 Å². The van der Waals surface area contributed by atoms with Crippen LogP contribution in [0.25, 0.3) is 0 Å². The van der Waals surface area contributed by atoms with Crippen molar-refractivity contribution >= 4 is 45.0 Å². The SMILES string of the molecule is CC1(C(=O)N2C[C@H](S(=O)(=O)c3ccc(Cl)cc3Cl)C[C@@H]2OC(=O)NC2(C#N)CC2)CC1. The number of nitriles is 1. The Kier molecular flexibility index (Phi) is 5.39. The second kappa shape index (κ2) is 7.54. The normalized spacial score (nSPS) is 25.4. The molecule has 1 aromatic rings. The number of sulfone groups is 1. The first-order valence-electron chi connectivity index (χ1n) is 9.90. The second-order valence-corrected chi connectivity index (χ2v) is 11.7. The van der Waals surface area contributed by atoms with Crippen LogP contribution in [-0.2, 0) is 19.4 Å². The molecule has 11 heteroatoms. The lowest BCUT2D eigenvalue weighted by molar-refractivity contribution is -0.143. The van der Waals surface area contributed by atoms with Gasteiger partial charge in [-0.05, 0) is 43.9 Å². The number of amides is 2. The van der Waals surface area contributed by atoms with Crippen LogP contribution in [0.5, 0.6) is 0 Å². The zero-order valence-electron chi connectivity index (χ0n) is 16.7. The van der Waals surface area contributed by atoms with Crippen molar-refractivity contribution in [3.63, 3.8) is 0 Å². The van der Waals surface area contributed by atoms with Gasteiger partial charge in [0.25, 0.3) is 0 Å². The van der Waals surface area contributed by atoms with Crippen molar-refractivity contribution in [2.75, 3.05) is 6.54 Å². The average molecular weight is 486 g/mol. The molecule has 1 aromatic carbocycles. The van der Waals surface area contributed by atoms with E-state index in [0.29, 0.717) is 30.7 Å². The number of carbonyl (C=O) groups excluding carboxylic acids is 2. The van der Waals surface area contributed by atoms with Crippen molar-refractivity contribution < 1.29 is 22.7 Å². The Hall–Kier alpha value is -2.02. The van der Waals surface area contributed by atoms with Crippen LogP contribution in [0.15, 0.2) is 23.1 Å². The molecular formula is C20H21Cl2N3O5S. The highest BCUT2D eigenvalue weighted by Gasteiger charge is 2.54. The summed E-state index contributed by atoms with van der Waals surface area (Å²) < 4.78 is 31.9. The number of halogens is 2. The molecule has 31 heavy (non-hydrogen) atoms. The molecule has 0 aromatic heterocycles. The molecule has 3 fully saturated rings. The topological polar surface area (TPSA) is 117 Å². The number of nitrogens with zero attached hydrogens (tertiary/aromatic N) is 2. The summed E-state index contributed by atoms with van der Waals surface area (Å²) in [5.74, 6) is -0.244. The number of benzene rings is 1. The summed E-state index contributed by atoms with van der Waals surface area (Å²) in [6.07, 6.45) is 0.455. The van der Waals surface area contributed by atoms with E-state index < -0.39 is 38.4 Å². The van der Waals surface area contributed by atoms with Gasteiger partial charge in [0.1, 0.15) is 5.54 Å². The molecule has 1 N–H and O–H groups in total. The summed E-state index contributed by atoms with van der Waals surface area (Å²) in [5, 5.41) is 11.0. The fraction of sp³-hybridized carbons (Fsp3) is 0.550. The van der Waals surface area contributed by atoms with Crippen LogP contribution in [0.4, 0.5) is 4.79 Å². The maximum absolute atomic E-state index is 13.3. The Balaban J connectivity index is 1.57. The first-order valence-corrected chi connectivity index (χ1v) is 12.2.